The van der Waals surface area contributed by atoms with Crippen LogP contribution in [-0.4, -0.2) is 24.1 Å². The first-order valence-electron chi connectivity index (χ1n) is 6.32. The fraction of sp³-hybridized carbons (Fsp3) is 0.231. The van der Waals surface area contributed by atoms with Gasteiger partial charge in [0.05, 0.1) is 5.39 Å². The third kappa shape index (κ3) is 1.53. The van der Waals surface area contributed by atoms with Crippen LogP contribution >= 0.6 is 11.3 Å². The summed E-state index contributed by atoms with van der Waals surface area (Å²) < 4.78 is 8.48. The molecule has 106 valence electrons. The van der Waals surface area contributed by atoms with Crippen LogP contribution in [0.2, 0.25) is 0 Å². The molecule has 0 saturated heterocycles. The quantitative estimate of drug-likeness (QED) is 0.536. The number of rotatable bonds is 1. The maximum Gasteiger partial charge on any atom is 0.262 e. The fourth-order valence-corrected chi connectivity index (χ4v) is 3.52. The molecule has 0 N–H and O–H groups in total. The first-order valence-corrected chi connectivity index (χ1v) is 7.20. The molecule has 0 radical (unpaired) electrons. The molecule has 7 nitrogen and oxygen atoms in total. The summed E-state index contributed by atoms with van der Waals surface area (Å²) in [6, 6.07) is 0. The van der Waals surface area contributed by atoms with E-state index in [1.54, 1.807) is 24.9 Å². The Morgan fingerprint density at radius 1 is 1.33 bits per heavy atom. The Morgan fingerprint density at radius 3 is 2.86 bits per heavy atom. The lowest BCUT2D eigenvalue weighted by Gasteiger charge is -2.04. The van der Waals surface area contributed by atoms with Crippen molar-refractivity contribution >= 4 is 27.2 Å². The highest BCUT2D eigenvalue weighted by Crippen LogP contribution is 2.27. The van der Waals surface area contributed by atoms with Gasteiger partial charge in [0, 0.05) is 14.0 Å². The first kappa shape index (κ1) is 12.3. The predicted octanol–water partition coefficient (Wildman–Crippen LogP) is 1.91. The van der Waals surface area contributed by atoms with Crippen LogP contribution in [0.25, 0.3) is 27.4 Å². The average molecular weight is 301 g/mol. The van der Waals surface area contributed by atoms with Gasteiger partial charge in [-0.05, 0) is 17.9 Å². The summed E-state index contributed by atoms with van der Waals surface area (Å²) in [7, 11) is 1.73. The molecule has 0 aliphatic carbocycles. The topological polar surface area (TPSA) is 78.2 Å². The van der Waals surface area contributed by atoms with Gasteiger partial charge in [-0.15, -0.1) is 11.3 Å². The van der Waals surface area contributed by atoms with E-state index in [0.29, 0.717) is 23.1 Å². The van der Waals surface area contributed by atoms with Gasteiger partial charge >= 0.3 is 0 Å². The van der Waals surface area contributed by atoms with Gasteiger partial charge in [0.15, 0.2) is 11.3 Å². The molecule has 8 heteroatoms. The molecule has 4 aromatic rings. The van der Waals surface area contributed by atoms with E-state index in [2.05, 4.69) is 15.1 Å². The maximum atomic E-state index is 12.6. The Kier molecular flexibility index (Phi) is 2.35. The van der Waals surface area contributed by atoms with Gasteiger partial charge < -0.3 is 4.52 Å². The predicted molar refractivity (Wildman–Crippen MR) is 78.6 cm³/mol. The molecule has 0 bridgehead atoms. The normalized spacial score (nSPS) is 11.8. The van der Waals surface area contributed by atoms with E-state index < -0.39 is 0 Å². The average Bonchev–Trinajstić information content (AvgIpc) is 3.13. The number of nitrogens with zero attached hydrogens (tertiary/aromatic N) is 5. The van der Waals surface area contributed by atoms with Crippen molar-refractivity contribution in [1.82, 2.24) is 24.1 Å². The minimum atomic E-state index is -0.0433. The lowest BCUT2D eigenvalue weighted by molar-refractivity contribution is 0.394. The minimum absolute atomic E-state index is 0.0433. The second-order valence-electron chi connectivity index (χ2n) is 4.89. The number of fused-ring (bicyclic) bond motifs is 3. The van der Waals surface area contributed by atoms with Crippen molar-refractivity contribution in [3.05, 3.63) is 33.5 Å². The Bertz CT molecular complexity index is 1050. The van der Waals surface area contributed by atoms with Crippen LogP contribution in [0.1, 0.15) is 11.5 Å². The van der Waals surface area contributed by atoms with Gasteiger partial charge in [-0.1, -0.05) is 5.16 Å². The lowest BCUT2D eigenvalue weighted by Crippen LogP contribution is -2.19. The van der Waals surface area contributed by atoms with Crippen molar-refractivity contribution in [3.8, 4) is 11.5 Å². The molecule has 0 atom stereocenters. The molecule has 0 saturated carbocycles. The van der Waals surface area contributed by atoms with E-state index in [4.69, 9.17) is 4.52 Å². The number of imidazole rings is 1. The summed E-state index contributed by atoms with van der Waals surface area (Å²) in [5.41, 5.74) is 2.14. The molecule has 0 aliphatic heterocycles. The molecule has 0 fully saturated rings. The summed E-state index contributed by atoms with van der Waals surface area (Å²) in [6.07, 6.45) is 1.69. The highest BCUT2D eigenvalue weighted by molar-refractivity contribution is 7.17. The molecule has 4 aromatic heterocycles. The zero-order valence-electron chi connectivity index (χ0n) is 11.6. The van der Waals surface area contributed by atoms with Crippen molar-refractivity contribution in [3.63, 3.8) is 0 Å². The van der Waals surface area contributed by atoms with Crippen LogP contribution in [0, 0.1) is 13.8 Å². The lowest BCUT2D eigenvalue weighted by atomic mass is 10.2. The first-order chi connectivity index (χ1) is 10.1. The Labute approximate surface area is 122 Å². The molecular formula is C13H11N5O2S. The molecule has 0 aromatic carbocycles. The Hall–Kier alpha value is -2.48. The summed E-state index contributed by atoms with van der Waals surface area (Å²) >= 11 is 1.53. The van der Waals surface area contributed by atoms with Crippen LogP contribution in [0.15, 0.2) is 21.0 Å². The smallest absolute Gasteiger partial charge is 0.262 e. The number of hydrogen-bond donors (Lipinski definition) is 0. The standard InChI is InChI=1S/C13H11N5O2S/c1-6-4-21-13-8(6)12(19)17(3)11-9(14-5-18(11)13)10-15-7(2)20-16-10/h4-5H,1-3H3. The van der Waals surface area contributed by atoms with E-state index >= 15 is 0 Å². The largest absolute Gasteiger partial charge is 0.339 e. The van der Waals surface area contributed by atoms with Gasteiger partial charge in [-0.2, -0.15) is 4.98 Å². The van der Waals surface area contributed by atoms with Gasteiger partial charge in [0.2, 0.25) is 11.7 Å². The van der Waals surface area contributed by atoms with Crippen molar-refractivity contribution < 1.29 is 4.52 Å². The summed E-state index contributed by atoms with van der Waals surface area (Å²) in [5, 5.41) is 6.59. The van der Waals surface area contributed by atoms with Crippen LogP contribution in [0.5, 0.6) is 0 Å². The molecule has 4 heterocycles. The monoisotopic (exact) mass is 301 g/mol. The van der Waals surface area contributed by atoms with Crippen LogP contribution in [-0.2, 0) is 7.05 Å². The molecule has 21 heavy (non-hydrogen) atoms. The molecule has 0 spiro atoms. The van der Waals surface area contributed by atoms with E-state index in [-0.39, 0.29) is 5.56 Å². The molecule has 4 rings (SSSR count). The molecular weight excluding hydrogens is 290 g/mol. The van der Waals surface area contributed by atoms with Crippen LogP contribution < -0.4 is 5.56 Å². The van der Waals surface area contributed by atoms with E-state index in [1.165, 1.54) is 11.3 Å². The van der Waals surface area contributed by atoms with Crippen LogP contribution in [0.3, 0.4) is 0 Å². The van der Waals surface area contributed by atoms with Crippen molar-refractivity contribution in [2.45, 2.75) is 13.8 Å². The van der Waals surface area contributed by atoms with E-state index in [9.17, 15) is 4.79 Å². The van der Waals surface area contributed by atoms with Crippen molar-refractivity contribution in [2.24, 2.45) is 7.05 Å². The van der Waals surface area contributed by atoms with E-state index in [1.807, 2.05) is 16.7 Å². The van der Waals surface area contributed by atoms with E-state index in [0.717, 1.165) is 15.8 Å². The number of thiophene rings is 1. The molecule has 0 aliphatic rings. The van der Waals surface area contributed by atoms with Crippen molar-refractivity contribution in [2.75, 3.05) is 0 Å². The van der Waals surface area contributed by atoms with Gasteiger partial charge in [0.1, 0.15) is 11.2 Å². The van der Waals surface area contributed by atoms with Gasteiger partial charge in [0.25, 0.3) is 5.56 Å². The molecule has 0 unspecified atom stereocenters. The number of aryl methyl sites for hydroxylation is 3. The maximum absolute atomic E-state index is 12.6. The van der Waals surface area contributed by atoms with Crippen molar-refractivity contribution in [1.29, 1.82) is 0 Å². The Morgan fingerprint density at radius 2 is 2.14 bits per heavy atom. The third-order valence-electron chi connectivity index (χ3n) is 3.49. The number of hydrogen-bond acceptors (Lipinski definition) is 6. The second kappa shape index (κ2) is 4.01. The zero-order valence-corrected chi connectivity index (χ0v) is 12.4. The fourth-order valence-electron chi connectivity index (χ4n) is 2.50. The summed E-state index contributed by atoms with van der Waals surface area (Å²) in [5.74, 6) is 0.849. The zero-order chi connectivity index (χ0) is 14.7. The summed E-state index contributed by atoms with van der Waals surface area (Å²) in [4.78, 5) is 22.0. The van der Waals surface area contributed by atoms with Gasteiger partial charge in [-0.3, -0.25) is 13.8 Å². The molecule has 0 amide bonds. The number of aromatic nitrogens is 5. The SMILES string of the molecule is Cc1nc(-c2ncn3c4scc(C)c4c(=O)n(C)c23)no1. The summed E-state index contributed by atoms with van der Waals surface area (Å²) in [6.45, 7) is 3.65. The minimum Gasteiger partial charge on any atom is -0.339 e. The third-order valence-corrected chi connectivity index (χ3v) is 4.59. The second-order valence-corrected chi connectivity index (χ2v) is 5.74. The Balaban J connectivity index is 2.20. The highest BCUT2D eigenvalue weighted by Gasteiger charge is 2.19. The van der Waals surface area contributed by atoms with Gasteiger partial charge in [-0.25, -0.2) is 4.98 Å². The highest BCUT2D eigenvalue weighted by atomic mass is 32.1. The van der Waals surface area contributed by atoms with Crippen LogP contribution in [0.4, 0.5) is 0 Å².